The van der Waals surface area contributed by atoms with Gasteiger partial charge in [0.15, 0.2) is 11.5 Å². The number of aryl methyl sites for hydroxylation is 2. The van der Waals surface area contributed by atoms with Gasteiger partial charge in [0.05, 0.1) is 16.5 Å². The number of nitrogens with zero attached hydrogens (tertiary/aromatic N) is 1. The molecule has 3 amide bonds. The number of phenols is 1. The Morgan fingerprint density at radius 3 is 2.52 bits per heavy atom. The number of amides is 3. The number of carbonyl (C=O) groups excluding carboxylic acids is 3. The van der Waals surface area contributed by atoms with Crippen molar-refractivity contribution >= 4 is 52.2 Å². The first kappa shape index (κ1) is 22.7. The van der Waals surface area contributed by atoms with Crippen molar-refractivity contribution in [1.29, 1.82) is 0 Å². The van der Waals surface area contributed by atoms with Crippen LogP contribution >= 0.6 is 23.4 Å². The second-order valence-corrected chi connectivity index (χ2v) is 8.38. The zero-order chi connectivity index (χ0) is 22.7. The van der Waals surface area contributed by atoms with Gasteiger partial charge in [-0.3, -0.25) is 19.3 Å². The van der Waals surface area contributed by atoms with Crippen LogP contribution in [0, 0.1) is 13.8 Å². The van der Waals surface area contributed by atoms with Crippen LogP contribution in [-0.2, 0) is 9.59 Å². The predicted molar refractivity (Wildman–Crippen MR) is 122 cm³/mol. The second kappa shape index (κ2) is 9.45. The summed E-state index contributed by atoms with van der Waals surface area (Å²) in [5.41, 5.74) is 3.07. The van der Waals surface area contributed by atoms with E-state index in [1.165, 1.54) is 18.2 Å². The lowest BCUT2D eigenvalue weighted by molar-refractivity contribution is -0.127. The molecule has 0 saturated carbocycles. The Hall–Kier alpha value is -2.97. The van der Waals surface area contributed by atoms with Crippen molar-refractivity contribution in [3.63, 3.8) is 0 Å². The third-order valence-electron chi connectivity index (χ3n) is 4.33. The highest BCUT2D eigenvalue weighted by Crippen LogP contribution is 2.38. The van der Waals surface area contributed by atoms with Crippen molar-refractivity contribution in [1.82, 2.24) is 4.90 Å². The number of rotatable bonds is 6. The summed E-state index contributed by atoms with van der Waals surface area (Å²) in [6.45, 7) is 5.51. The number of benzene rings is 2. The molecule has 2 aromatic rings. The quantitative estimate of drug-likeness (QED) is 0.604. The first-order chi connectivity index (χ1) is 14.7. The van der Waals surface area contributed by atoms with E-state index >= 15 is 0 Å². The van der Waals surface area contributed by atoms with Crippen molar-refractivity contribution in [2.24, 2.45) is 0 Å². The normalized spacial score (nSPS) is 15.0. The summed E-state index contributed by atoms with van der Waals surface area (Å²) in [5.74, 6) is -1.07. The Kier molecular flexibility index (Phi) is 6.92. The monoisotopic (exact) mass is 460 g/mol. The van der Waals surface area contributed by atoms with Crippen LogP contribution in [0.4, 0.5) is 10.5 Å². The average molecular weight is 461 g/mol. The molecule has 2 N–H and O–H groups in total. The van der Waals surface area contributed by atoms with E-state index in [4.69, 9.17) is 16.3 Å². The van der Waals surface area contributed by atoms with E-state index in [0.717, 1.165) is 27.8 Å². The molecule has 0 radical (unpaired) electrons. The fraction of sp³-hybridized carbons (Fsp3) is 0.227. The summed E-state index contributed by atoms with van der Waals surface area (Å²) >= 11 is 6.75. The topological polar surface area (TPSA) is 95.9 Å². The van der Waals surface area contributed by atoms with E-state index < -0.39 is 23.6 Å². The summed E-state index contributed by atoms with van der Waals surface area (Å²) in [4.78, 5) is 38.5. The Balaban J connectivity index is 1.75. The lowest BCUT2D eigenvalue weighted by Gasteiger charge is -2.13. The molecule has 1 aliphatic heterocycles. The van der Waals surface area contributed by atoms with Crippen LogP contribution in [0.3, 0.4) is 0 Å². The van der Waals surface area contributed by atoms with Crippen LogP contribution < -0.4 is 10.1 Å². The number of phenolic OH excluding ortho intramolecular Hbond substituents is 1. The number of thioether (sulfide) groups is 1. The van der Waals surface area contributed by atoms with Gasteiger partial charge in [0.1, 0.15) is 6.54 Å². The third-order valence-corrected chi connectivity index (χ3v) is 5.52. The highest BCUT2D eigenvalue weighted by atomic mass is 35.5. The van der Waals surface area contributed by atoms with E-state index in [1.54, 1.807) is 6.92 Å². The van der Waals surface area contributed by atoms with E-state index in [0.29, 0.717) is 17.9 Å². The highest BCUT2D eigenvalue weighted by Gasteiger charge is 2.36. The molecule has 0 bridgehead atoms. The Morgan fingerprint density at radius 1 is 1.19 bits per heavy atom. The molecule has 3 rings (SSSR count). The first-order valence-corrected chi connectivity index (χ1v) is 10.7. The van der Waals surface area contributed by atoms with Gasteiger partial charge in [0.2, 0.25) is 5.91 Å². The second-order valence-electron chi connectivity index (χ2n) is 6.97. The largest absolute Gasteiger partial charge is 0.503 e. The number of anilines is 1. The lowest BCUT2D eigenvalue weighted by atomic mass is 10.1. The maximum Gasteiger partial charge on any atom is 0.294 e. The number of aromatic hydroxyl groups is 1. The molecule has 0 aromatic heterocycles. The number of halogens is 1. The van der Waals surface area contributed by atoms with Gasteiger partial charge in [-0.1, -0.05) is 17.7 Å². The number of carbonyl (C=O) groups is 3. The molecule has 1 heterocycles. The minimum atomic E-state index is -0.576. The molecule has 2 aromatic carbocycles. The van der Waals surface area contributed by atoms with Crippen molar-refractivity contribution in [2.75, 3.05) is 18.5 Å². The molecule has 7 nitrogen and oxygen atoms in total. The highest BCUT2D eigenvalue weighted by molar-refractivity contribution is 8.18. The fourth-order valence-electron chi connectivity index (χ4n) is 3.12. The number of hydrogen-bond donors (Lipinski definition) is 2. The number of imide groups is 1. The molecular formula is C22H21ClN2O5S. The molecule has 1 fully saturated rings. The molecule has 31 heavy (non-hydrogen) atoms. The van der Waals surface area contributed by atoms with E-state index in [-0.39, 0.29) is 21.4 Å². The zero-order valence-corrected chi connectivity index (χ0v) is 18.8. The smallest absolute Gasteiger partial charge is 0.294 e. The molecule has 0 spiro atoms. The van der Waals surface area contributed by atoms with Crippen molar-refractivity contribution in [3.05, 3.63) is 56.9 Å². The van der Waals surface area contributed by atoms with Gasteiger partial charge >= 0.3 is 0 Å². The minimum absolute atomic E-state index is 0.0595. The summed E-state index contributed by atoms with van der Waals surface area (Å²) in [7, 11) is 0. The number of nitrogens with one attached hydrogen (secondary N) is 1. The van der Waals surface area contributed by atoms with Crippen LogP contribution in [0.15, 0.2) is 35.2 Å². The Labute approximate surface area is 189 Å². The van der Waals surface area contributed by atoms with E-state index in [1.807, 2.05) is 32.0 Å². The average Bonchev–Trinajstić information content (AvgIpc) is 2.92. The summed E-state index contributed by atoms with van der Waals surface area (Å²) in [5, 5.41) is 12.2. The molecular weight excluding hydrogens is 440 g/mol. The molecule has 162 valence electrons. The predicted octanol–water partition coefficient (Wildman–Crippen LogP) is 4.74. The van der Waals surface area contributed by atoms with Gasteiger partial charge in [-0.25, -0.2) is 0 Å². The standard InChI is InChI=1S/C22H21ClN2O5S/c1-4-30-17-9-14(8-16(23)20(17)27)10-18-21(28)25(22(29)31-18)11-19(26)24-15-6-12(2)5-13(3)7-15/h5-10,27H,4,11H2,1-3H3,(H,24,26)/b18-10-. The Morgan fingerprint density at radius 2 is 1.87 bits per heavy atom. The SMILES string of the molecule is CCOc1cc(/C=C2\SC(=O)N(CC(=O)Nc3cc(C)cc(C)c3)C2=O)cc(Cl)c1O. The lowest BCUT2D eigenvalue weighted by Crippen LogP contribution is -2.36. The summed E-state index contributed by atoms with van der Waals surface area (Å²) in [6.07, 6.45) is 1.47. The van der Waals surface area contributed by atoms with E-state index in [9.17, 15) is 19.5 Å². The van der Waals surface area contributed by atoms with Gasteiger partial charge < -0.3 is 15.2 Å². The maximum atomic E-state index is 12.7. The van der Waals surface area contributed by atoms with Gasteiger partial charge in [-0.2, -0.15) is 0 Å². The molecule has 0 atom stereocenters. The molecule has 0 aliphatic carbocycles. The van der Waals surface area contributed by atoms with Gasteiger partial charge in [0, 0.05) is 5.69 Å². The van der Waals surface area contributed by atoms with Crippen LogP contribution in [0.2, 0.25) is 5.02 Å². The van der Waals surface area contributed by atoms with Crippen LogP contribution in [0.1, 0.15) is 23.6 Å². The Bertz CT molecular complexity index is 1080. The minimum Gasteiger partial charge on any atom is -0.503 e. The first-order valence-electron chi connectivity index (χ1n) is 9.46. The zero-order valence-electron chi connectivity index (χ0n) is 17.2. The van der Waals surface area contributed by atoms with Crippen molar-refractivity contribution in [2.45, 2.75) is 20.8 Å². The number of ether oxygens (including phenoxy) is 1. The van der Waals surface area contributed by atoms with Crippen molar-refractivity contribution in [3.8, 4) is 11.5 Å². The summed E-state index contributed by atoms with van der Waals surface area (Å²) in [6, 6.07) is 8.57. The van der Waals surface area contributed by atoms with Crippen LogP contribution in [0.25, 0.3) is 6.08 Å². The molecule has 1 aliphatic rings. The molecule has 1 saturated heterocycles. The maximum absolute atomic E-state index is 12.7. The van der Waals surface area contributed by atoms with Crippen LogP contribution in [-0.4, -0.2) is 40.2 Å². The van der Waals surface area contributed by atoms with Gasteiger partial charge in [-0.15, -0.1) is 0 Å². The van der Waals surface area contributed by atoms with Crippen molar-refractivity contribution < 1.29 is 24.2 Å². The fourth-order valence-corrected chi connectivity index (χ4v) is 4.18. The molecule has 9 heteroatoms. The molecule has 0 unspecified atom stereocenters. The van der Waals surface area contributed by atoms with Crippen LogP contribution in [0.5, 0.6) is 11.5 Å². The third kappa shape index (κ3) is 5.39. The van der Waals surface area contributed by atoms with E-state index in [2.05, 4.69) is 5.32 Å². The summed E-state index contributed by atoms with van der Waals surface area (Å²) < 4.78 is 5.33. The number of hydrogen-bond acceptors (Lipinski definition) is 6. The van der Waals surface area contributed by atoms with Gasteiger partial charge in [-0.05, 0) is 79.6 Å². The van der Waals surface area contributed by atoms with Gasteiger partial charge in [0.25, 0.3) is 11.1 Å².